The SMILES string of the molecule is CC[C@@H]1C[C@]1(NC(=O)[C@@H]1C[C@@H](Oc2cc(-c3nc(C(C)C)cs3)nc3c(C)c(OC)ccc23)CN1C(=O)[C@@H](Nc1ccccc1[N+](=O)[O-])C(C)(C)C)C(=O)NS(=O)(=O)C1CC1. The molecule has 2 aromatic heterocycles. The van der Waals surface area contributed by atoms with Crippen molar-refractivity contribution in [1.82, 2.24) is 24.9 Å². The van der Waals surface area contributed by atoms with Gasteiger partial charge in [-0.1, -0.05) is 60.1 Å². The molecule has 61 heavy (non-hydrogen) atoms. The van der Waals surface area contributed by atoms with Crippen molar-refractivity contribution in [2.75, 3.05) is 19.0 Å². The number of thiazole rings is 1. The predicted octanol–water partition coefficient (Wildman–Crippen LogP) is 6.48. The van der Waals surface area contributed by atoms with Crippen molar-refractivity contribution in [2.45, 2.75) is 115 Å². The Balaban J connectivity index is 1.26. The fraction of sp³-hybridized carbons (Fsp3) is 0.512. The standard InChI is InChI=1S/C43H53N7O9S2/c1-9-25-20-43(25,41(53)48-61(56,57)27-14-15-27)47-38(51)33-18-26(21-49(33)40(52)37(42(5,6)7)45-29-12-10-11-13-32(29)50(54)55)59-35-19-30(39-46-31(22-60-39)23(2)3)44-36-24(4)34(58-8)17-16-28(35)36/h10-13,16-17,19,22-23,25-27,33,37,45H,9,14-15,18,20-21H2,1-8H3,(H,47,51)(H,48,53)/t25-,26-,33+,37-,43-/m1/s1. The summed E-state index contributed by atoms with van der Waals surface area (Å²) in [6, 6.07) is 9.28. The molecule has 5 atom stereocenters. The molecule has 16 nitrogen and oxygen atoms in total. The van der Waals surface area contributed by atoms with Crippen LogP contribution in [0.5, 0.6) is 11.5 Å². The van der Waals surface area contributed by atoms with Gasteiger partial charge < -0.3 is 25.0 Å². The van der Waals surface area contributed by atoms with Crippen molar-refractivity contribution in [3.63, 3.8) is 0 Å². The molecule has 18 heteroatoms. The van der Waals surface area contributed by atoms with Gasteiger partial charge in [0.15, 0.2) is 0 Å². The normalized spacial score (nSPS) is 21.9. The van der Waals surface area contributed by atoms with Crippen LogP contribution in [-0.4, -0.2) is 88.6 Å². The van der Waals surface area contributed by atoms with E-state index in [9.17, 15) is 32.9 Å². The van der Waals surface area contributed by atoms with Gasteiger partial charge in [0, 0.05) is 34.9 Å². The number of rotatable bonds is 15. The molecule has 1 aliphatic heterocycles. The summed E-state index contributed by atoms with van der Waals surface area (Å²) in [5.74, 6) is -0.994. The van der Waals surface area contributed by atoms with Gasteiger partial charge in [0.05, 0.1) is 35.0 Å². The van der Waals surface area contributed by atoms with E-state index in [0.717, 1.165) is 11.3 Å². The molecule has 2 aromatic carbocycles. The summed E-state index contributed by atoms with van der Waals surface area (Å²) < 4.78 is 40.4. The quantitative estimate of drug-likeness (QED) is 0.0866. The summed E-state index contributed by atoms with van der Waals surface area (Å²) in [5, 5.41) is 20.8. The number of anilines is 1. The second kappa shape index (κ2) is 16.5. The minimum absolute atomic E-state index is 0.0117. The number of sulfonamides is 1. The Kier molecular flexibility index (Phi) is 11.8. The van der Waals surface area contributed by atoms with Crippen molar-refractivity contribution in [3.8, 4) is 22.2 Å². The summed E-state index contributed by atoms with van der Waals surface area (Å²) in [7, 11) is -2.33. The minimum atomic E-state index is -3.91. The van der Waals surface area contributed by atoms with Crippen LogP contribution in [0.3, 0.4) is 0 Å². The molecule has 1 saturated heterocycles. The maximum atomic E-state index is 15.0. The zero-order valence-electron chi connectivity index (χ0n) is 35.6. The highest BCUT2D eigenvalue weighted by molar-refractivity contribution is 7.91. The molecular weight excluding hydrogens is 823 g/mol. The molecule has 0 spiro atoms. The second-order valence-corrected chi connectivity index (χ2v) is 20.5. The summed E-state index contributed by atoms with van der Waals surface area (Å²) in [4.78, 5) is 66.1. The third-order valence-corrected chi connectivity index (χ3v) is 14.6. The van der Waals surface area contributed by atoms with E-state index in [2.05, 4.69) is 29.2 Å². The van der Waals surface area contributed by atoms with Crippen molar-refractivity contribution in [3.05, 3.63) is 69.2 Å². The molecule has 3 N–H and O–H groups in total. The van der Waals surface area contributed by atoms with Crippen molar-refractivity contribution in [2.24, 2.45) is 11.3 Å². The van der Waals surface area contributed by atoms with Crippen molar-refractivity contribution in [1.29, 1.82) is 0 Å². The maximum Gasteiger partial charge on any atom is 0.292 e. The number of aromatic nitrogens is 2. The lowest BCUT2D eigenvalue weighted by Crippen LogP contribution is -2.58. The van der Waals surface area contributed by atoms with E-state index in [1.807, 2.05) is 52.1 Å². The van der Waals surface area contributed by atoms with Crippen LogP contribution in [0.15, 0.2) is 47.8 Å². The summed E-state index contributed by atoms with van der Waals surface area (Å²) in [6.07, 6.45) is 0.906. The zero-order valence-corrected chi connectivity index (χ0v) is 37.2. The van der Waals surface area contributed by atoms with Crippen LogP contribution >= 0.6 is 11.3 Å². The van der Waals surface area contributed by atoms with Gasteiger partial charge >= 0.3 is 0 Å². The molecular formula is C43H53N7O9S2. The number of amides is 3. The molecule has 326 valence electrons. The Morgan fingerprint density at radius 2 is 1.82 bits per heavy atom. The number of ether oxygens (including phenoxy) is 2. The topological polar surface area (TPSA) is 212 Å². The van der Waals surface area contributed by atoms with Crippen LogP contribution in [0.25, 0.3) is 21.6 Å². The number of aryl methyl sites for hydroxylation is 1. The molecule has 3 aliphatic rings. The van der Waals surface area contributed by atoms with E-state index in [4.69, 9.17) is 19.4 Å². The van der Waals surface area contributed by atoms with E-state index in [0.29, 0.717) is 52.4 Å². The van der Waals surface area contributed by atoms with E-state index >= 15 is 0 Å². The Hall–Kier alpha value is -5.36. The van der Waals surface area contributed by atoms with Gasteiger partial charge in [0.1, 0.15) is 51.6 Å². The number of hydrogen-bond donors (Lipinski definition) is 3. The van der Waals surface area contributed by atoms with Crippen molar-refractivity contribution < 1.29 is 37.2 Å². The highest BCUT2D eigenvalue weighted by Crippen LogP contribution is 2.47. The molecule has 0 bridgehead atoms. The second-order valence-electron chi connectivity index (χ2n) is 17.7. The first kappa shape index (κ1) is 43.7. The monoisotopic (exact) mass is 875 g/mol. The molecule has 0 unspecified atom stereocenters. The Morgan fingerprint density at radius 3 is 2.43 bits per heavy atom. The van der Waals surface area contributed by atoms with Crippen LogP contribution in [0.4, 0.5) is 11.4 Å². The van der Waals surface area contributed by atoms with E-state index < -0.39 is 67.1 Å². The number of nitro benzene ring substituents is 1. The summed E-state index contributed by atoms with van der Waals surface area (Å²) >= 11 is 1.46. The number of likely N-dealkylation sites (tertiary alicyclic amines) is 1. The van der Waals surface area contributed by atoms with Gasteiger partial charge in [-0.15, -0.1) is 11.3 Å². The zero-order chi connectivity index (χ0) is 44.2. The Labute approximate surface area is 359 Å². The van der Waals surface area contributed by atoms with E-state index in [-0.39, 0.29) is 42.6 Å². The lowest BCUT2D eigenvalue weighted by Gasteiger charge is -2.36. The number of nitrogens with zero attached hydrogens (tertiary/aromatic N) is 4. The maximum absolute atomic E-state index is 15.0. The molecule has 3 heterocycles. The molecule has 4 aromatic rings. The van der Waals surface area contributed by atoms with Gasteiger partial charge in [-0.2, -0.15) is 0 Å². The molecule has 2 saturated carbocycles. The lowest BCUT2D eigenvalue weighted by atomic mass is 9.85. The number of nitro groups is 1. The number of nitrogens with one attached hydrogen (secondary N) is 3. The number of hydrogen-bond acceptors (Lipinski definition) is 13. The lowest BCUT2D eigenvalue weighted by molar-refractivity contribution is -0.384. The largest absolute Gasteiger partial charge is 0.496 e. The number of carbonyl (C=O) groups is 3. The number of fused-ring (bicyclic) bond motifs is 1. The first-order valence-electron chi connectivity index (χ1n) is 20.6. The average Bonchev–Trinajstić information content (AvgIpc) is 4.09. The first-order valence-corrected chi connectivity index (χ1v) is 23.0. The third-order valence-electron chi connectivity index (χ3n) is 11.9. The van der Waals surface area contributed by atoms with E-state index in [1.165, 1.54) is 34.4 Å². The molecule has 0 radical (unpaired) electrons. The number of methoxy groups -OCH3 is 1. The van der Waals surface area contributed by atoms with Crippen LogP contribution in [-0.2, 0) is 24.4 Å². The van der Waals surface area contributed by atoms with Gasteiger partial charge in [0.25, 0.3) is 11.6 Å². The summed E-state index contributed by atoms with van der Waals surface area (Å²) in [5.41, 5.74) is 0.517. The highest BCUT2D eigenvalue weighted by Gasteiger charge is 2.62. The smallest absolute Gasteiger partial charge is 0.292 e. The van der Waals surface area contributed by atoms with Gasteiger partial charge in [-0.05, 0) is 61.6 Å². The summed E-state index contributed by atoms with van der Waals surface area (Å²) in [6.45, 7) is 13.3. The highest BCUT2D eigenvalue weighted by atomic mass is 32.2. The minimum Gasteiger partial charge on any atom is -0.496 e. The van der Waals surface area contributed by atoms with Gasteiger partial charge in [-0.3, -0.25) is 29.2 Å². The average molecular weight is 876 g/mol. The van der Waals surface area contributed by atoms with Crippen molar-refractivity contribution >= 4 is 61.4 Å². The number of para-hydroxylation sites is 2. The molecule has 7 rings (SSSR count). The van der Waals surface area contributed by atoms with Crippen LogP contribution in [0.1, 0.15) is 90.8 Å². The van der Waals surface area contributed by atoms with Crippen LogP contribution in [0.2, 0.25) is 0 Å². The fourth-order valence-electron chi connectivity index (χ4n) is 8.05. The fourth-order valence-corrected chi connectivity index (χ4v) is 10.4. The number of benzene rings is 2. The first-order chi connectivity index (χ1) is 28.8. The van der Waals surface area contributed by atoms with Crippen LogP contribution < -0.4 is 24.8 Å². The molecule has 3 amide bonds. The van der Waals surface area contributed by atoms with Crippen LogP contribution in [0, 0.1) is 28.4 Å². The van der Waals surface area contributed by atoms with Gasteiger partial charge in [0.2, 0.25) is 21.8 Å². The molecule has 3 fully saturated rings. The molecule has 2 aliphatic carbocycles. The number of carbonyl (C=O) groups excluding carboxylic acids is 3. The predicted molar refractivity (Wildman–Crippen MR) is 232 cm³/mol. The van der Waals surface area contributed by atoms with E-state index in [1.54, 1.807) is 19.2 Å². The Bertz CT molecular complexity index is 2500. The third kappa shape index (κ3) is 8.74. The number of pyridine rings is 1. The Morgan fingerprint density at radius 1 is 1.10 bits per heavy atom. The van der Waals surface area contributed by atoms with Gasteiger partial charge in [-0.25, -0.2) is 18.4 Å².